The van der Waals surface area contributed by atoms with E-state index in [1.165, 1.54) is 24.0 Å². The Bertz CT molecular complexity index is 1890. The van der Waals surface area contributed by atoms with Crippen molar-refractivity contribution in [2.24, 2.45) is 23.1 Å². The Morgan fingerprint density at radius 1 is 0.761 bits per heavy atom. The van der Waals surface area contributed by atoms with Crippen molar-refractivity contribution in [3.05, 3.63) is 29.8 Å². The molecule has 0 bridgehead atoms. The van der Waals surface area contributed by atoms with Crippen molar-refractivity contribution >= 4 is 84.3 Å². The van der Waals surface area contributed by atoms with Gasteiger partial charge in [-0.25, -0.2) is 0 Å². The summed E-state index contributed by atoms with van der Waals surface area (Å²) in [6, 6.07) is -3.67. The molecular weight excluding hydrogens is 915 g/mol. The maximum absolute atomic E-state index is 13.9. The van der Waals surface area contributed by atoms with E-state index in [4.69, 9.17) is 17.2 Å². The number of nitrogens with two attached hydrogens (primary N) is 3. The van der Waals surface area contributed by atoms with Crippen LogP contribution in [0.3, 0.4) is 0 Å². The summed E-state index contributed by atoms with van der Waals surface area (Å²) in [6.07, 6.45) is -0.341. The van der Waals surface area contributed by atoms with Gasteiger partial charge in [-0.3, -0.25) is 47.9 Å². The van der Waals surface area contributed by atoms with E-state index in [0.717, 1.165) is 0 Å². The predicted octanol–water partition coefficient (Wildman–Crippen LogP) is -3.88. The number of primary amides is 2. The second-order valence-electron chi connectivity index (χ2n) is 16.3. The highest BCUT2D eigenvalue weighted by molar-refractivity contribution is 7.80. The number of hydrogen-bond acceptors (Lipinski definition) is 15. The molecule has 0 saturated carbocycles. The van der Waals surface area contributed by atoms with Gasteiger partial charge >= 0.3 is 0 Å². The SMILES string of the molecule is CC[C@H](C)[C@H](NC(=O)[C@H](Cc1ccc(O)cc1)NC(=O)CCS)C(=O)N[C@H](C(=O)N[C@@H](CC(N)=O)C(=O)N[C@@H](CS)C(=O)N1CCC[C@H]1C(=O)N[C@@H](CCCCN)C(=O)NCC(N)=O)[C@@H](C)O. The van der Waals surface area contributed by atoms with Crippen molar-refractivity contribution in [2.75, 3.05) is 31.1 Å². The monoisotopic (exact) mass is 981 g/mol. The van der Waals surface area contributed by atoms with Crippen molar-refractivity contribution in [3.63, 3.8) is 0 Å². The fraction of sp³-hybridized carbons (Fsp3) is 0.619. The number of aliphatic hydroxyl groups excluding tert-OH is 1. The van der Waals surface area contributed by atoms with E-state index in [9.17, 15) is 58.2 Å². The fourth-order valence-electron chi connectivity index (χ4n) is 7.01. The lowest BCUT2D eigenvalue weighted by molar-refractivity contribution is -0.142. The minimum Gasteiger partial charge on any atom is -0.508 e. The Morgan fingerprint density at radius 2 is 1.37 bits per heavy atom. The van der Waals surface area contributed by atoms with Gasteiger partial charge in [-0.2, -0.15) is 25.3 Å². The maximum Gasteiger partial charge on any atom is 0.246 e. The van der Waals surface area contributed by atoms with Gasteiger partial charge in [-0.1, -0.05) is 32.4 Å². The molecule has 1 fully saturated rings. The molecule has 25 heteroatoms. The van der Waals surface area contributed by atoms with Gasteiger partial charge < -0.3 is 69.5 Å². The highest BCUT2D eigenvalue weighted by Gasteiger charge is 2.40. The van der Waals surface area contributed by atoms with Gasteiger partial charge in [-0.05, 0) is 74.9 Å². The van der Waals surface area contributed by atoms with Crippen LogP contribution in [0, 0.1) is 5.92 Å². The van der Waals surface area contributed by atoms with Gasteiger partial charge in [0.2, 0.25) is 59.1 Å². The number of nitrogens with one attached hydrogen (secondary N) is 7. The normalized spacial score (nSPS) is 16.9. The number of likely N-dealkylation sites (tertiary alicyclic amines) is 1. The van der Waals surface area contributed by atoms with Crippen LogP contribution in [0.25, 0.3) is 0 Å². The Balaban J connectivity index is 2.27. The molecule has 15 N–H and O–H groups in total. The zero-order valence-corrected chi connectivity index (χ0v) is 39.7. The number of unbranched alkanes of at least 4 members (excludes halogenated alkanes) is 1. The van der Waals surface area contributed by atoms with Crippen LogP contribution in [0.2, 0.25) is 0 Å². The van der Waals surface area contributed by atoms with E-state index in [2.05, 4.69) is 62.5 Å². The number of phenols is 1. The molecule has 9 atom stereocenters. The number of carbonyl (C=O) groups is 10. The highest BCUT2D eigenvalue weighted by atomic mass is 32.1. The van der Waals surface area contributed by atoms with Gasteiger partial charge in [0, 0.05) is 25.1 Å². The Labute approximate surface area is 400 Å². The van der Waals surface area contributed by atoms with Crippen LogP contribution in [-0.4, -0.2) is 154 Å². The van der Waals surface area contributed by atoms with Gasteiger partial charge in [-0.15, -0.1) is 0 Å². The molecule has 23 nitrogen and oxygen atoms in total. The first-order chi connectivity index (χ1) is 31.7. The Morgan fingerprint density at radius 3 is 1.94 bits per heavy atom. The summed E-state index contributed by atoms with van der Waals surface area (Å²) in [5.41, 5.74) is 16.7. The summed E-state index contributed by atoms with van der Waals surface area (Å²) in [4.78, 5) is 133. The average molecular weight is 982 g/mol. The molecule has 0 aromatic heterocycles. The summed E-state index contributed by atoms with van der Waals surface area (Å²) in [5.74, 6) is -9.01. The molecule has 0 radical (unpaired) electrons. The average Bonchev–Trinajstić information content (AvgIpc) is 3.78. The quantitative estimate of drug-likeness (QED) is 0.0270. The second kappa shape index (κ2) is 29.2. The van der Waals surface area contributed by atoms with Gasteiger partial charge in [0.05, 0.1) is 19.1 Å². The van der Waals surface area contributed by atoms with E-state index in [-0.39, 0.29) is 49.5 Å². The molecule has 0 aliphatic carbocycles. The molecule has 374 valence electrons. The maximum atomic E-state index is 13.9. The molecule has 1 aliphatic heterocycles. The smallest absolute Gasteiger partial charge is 0.246 e. The minimum absolute atomic E-state index is 0.0111. The Kier molecular flexibility index (Phi) is 25.0. The molecule has 1 saturated heterocycles. The van der Waals surface area contributed by atoms with Crippen LogP contribution >= 0.6 is 25.3 Å². The van der Waals surface area contributed by atoms with Crippen molar-refractivity contribution in [3.8, 4) is 5.75 Å². The van der Waals surface area contributed by atoms with Crippen LogP contribution in [0.4, 0.5) is 0 Å². The largest absolute Gasteiger partial charge is 0.508 e. The summed E-state index contributed by atoms with van der Waals surface area (Å²) in [6.45, 7) is 4.51. The van der Waals surface area contributed by atoms with Gasteiger partial charge in [0.15, 0.2) is 0 Å². The molecule has 67 heavy (non-hydrogen) atoms. The van der Waals surface area contributed by atoms with Gasteiger partial charge in [0.25, 0.3) is 0 Å². The Hall–Kier alpha value is -5.66. The fourth-order valence-corrected chi connectivity index (χ4v) is 7.46. The molecular formula is C42H67N11O12S2. The zero-order valence-electron chi connectivity index (χ0n) is 38.0. The van der Waals surface area contributed by atoms with Crippen molar-refractivity contribution in [1.29, 1.82) is 0 Å². The van der Waals surface area contributed by atoms with Crippen LogP contribution in [0.15, 0.2) is 24.3 Å². The van der Waals surface area contributed by atoms with E-state index in [0.29, 0.717) is 37.8 Å². The van der Waals surface area contributed by atoms with Crippen LogP contribution < -0.4 is 54.4 Å². The van der Waals surface area contributed by atoms with E-state index < -0.39 is 126 Å². The van der Waals surface area contributed by atoms with Crippen LogP contribution in [-0.2, 0) is 54.4 Å². The molecule has 1 aromatic rings. The van der Waals surface area contributed by atoms with Crippen LogP contribution in [0.1, 0.15) is 77.7 Å². The number of amides is 10. The minimum atomic E-state index is -1.77. The van der Waals surface area contributed by atoms with Crippen LogP contribution in [0.5, 0.6) is 5.75 Å². The van der Waals surface area contributed by atoms with Crippen molar-refractivity contribution in [1.82, 2.24) is 42.1 Å². The summed E-state index contributed by atoms with van der Waals surface area (Å²) in [5, 5.41) is 37.8. The van der Waals surface area contributed by atoms with Gasteiger partial charge in [0.1, 0.15) is 48.0 Å². The number of phenolic OH excluding ortho intramolecular Hbond substituents is 1. The molecule has 1 heterocycles. The molecule has 0 unspecified atom stereocenters. The lowest BCUT2D eigenvalue weighted by Crippen LogP contribution is -2.63. The van der Waals surface area contributed by atoms with E-state index >= 15 is 0 Å². The molecule has 0 spiro atoms. The third kappa shape index (κ3) is 19.2. The topological polar surface area (TPSA) is 377 Å². The van der Waals surface area contributed by atoms with E-state index in [1.807, 2.05) is 0 Å². The number of nitrogens with zero attached hydrogens (tertiary/aromatic N) is 1. The predicted molar refractivity (Wildman–Crippen MR) is 251 cm³/mol. The third-order valence-electron chi connectivity index (χ3n) is 10.9. The number of aromatic hydroxyl groups is 1. The summed E-state index contributed by atoms with van der Waals surface area (Å²) in [7, 11) is 0. The van der Waals surface area contributed by atoms with E-state index in [1.54, 1.807) is 26.0 Å². The first-order valence-electron chi connectivity index (χ1n) is 22.0. The summed E-state index contributed by atoms with van der Waals surface area (Å²) < 4.78 is 0. The standard InChI is InChI=1S/C42H67N11O12S2/c1-4-22(2)34(51-38(61)27(47-33(58)14-17-66)18-24-10-12-25(55)13-11-24)40(63)52-35(23(3)54)41(64)49-28(19-31(44)56)37(60)50-29(21-67)42(65)53-16-7-9-30(53)39(62)48-26(8-5-6-15-43)36(59)46-20-32(45)57/h10-13,22-23,26-30,34-35,54-55,66-67H,4-9,14-21,43H2,1-3H3,(H2,44,56)(H2,45,57)(H,46,59)(H,47,58)(H,48,62)(H,49,64)(H,50,60)(H,51,61)(H,52,63)/t22-,23+,26-,27-,28-,29-,30-,34-,35-/m0/s1. The number of rotatable bonds is 29. The summed E-state index contributed by atoms with van der Waals surface area (Å²) >= 11 is 8.30. The lowest BCUT2D eigenvalue weighted by Gasteiger charge is -2.31. The molecule has 1 aliphatic rings. The molecule has 2 rings (SSSR count). The first kappa shape index (κ1) is 57.5. The van der Waals surface area contributed by atoms with Crippen molar-refractivity contribution < 1.29 is 58.2 Å². The third-order valence-corrected chi connectivity index (χ3v) is 11.5. The molecule has 10 amide bonds. The lowest BCUT2D eigenvalue weighted by atomic mass is 9.96. The number of aliphatic hydroxyl groups is 1. The van der Waals surface area contributed by atoms with Crippen molar-refractivity contribution in [2.45, 2.75) is 127 Å². The zero-order chi connectivity index (χ0) is 50.4. The number of carbonyl (C=O) groups excluding carboxylic acids is 10. The highest BCUT2D eigenvalue weighted by Crippen LogP contribution is 2.20. The molecule has 1 aromatic carbocycles. The number of benzene rings is 1. The number of thiol groups is 2. The second-order valence-corrected chi connectivity index (χ2v) is 17.1. The first-order valence-corrected chi connectivity index (χ1v) is 23.3. The number of hydrogen-bond donors (Lipinski definition) is 14.